The van der Waals surface area contributed by atoms with E-state index in [0.717, 1.165) is 35.9 Å². The number of aliphatic hydroxyl groups excluding tert-OH is 1. The smallest absolute Gasteiger partial charge is 0.138 e. The highest BCUT2D eigenvalue weighted by atomic mass is 16.3. The summed E-state index contributed by atoms with van der Waals surface area (Å²) >= 11 is 0. The highest BCUT2D eigenvalue weighted by Crippen LogP contribution is 2.29. The standard InChI is InChI=1S/C14H24N4O/c1-8-11(15-5)17-13(14(2,3)4)18-12(8)16-9-6-10(19)7-9/h9-10,19H,6-7H2,1-5H3,(H2,15,16,17,18). The van der Waals surface area contributed by atoms with Crippen molar-refractivity contribution in [2.24, 2.45) is 0 Å². The van der Waals surface area contributed by atoms with Gasteiger partial charge in [-0.1, -0.05) is 20.8 Å². The zero-order valence-electron chi connectivity index (χ0n) is 12.4. The van der Waals surface area contributed by atoms with Crippen LogP contribution in [0.2, 0.25) is 0 Å². The van der Waals surface area contributed by atoms with Gasteiger partial charge in [0.25, 0.3) is 0 Å². The lowest BCUT2D eigenvalue weighted by Crippen LogP contribution is -2.39. The fourth-order valence-corrected chi connectivity index (χ4v) is 2.14. The van der Waals surface area contributed by atoms with Crippen LogP contribution in [0.5, 0.6) is 0 Å². The molecule has 5 heteroatoms. The Balaban J connectivity index is 2.30. The molecule has 2 rings (SSSR count). The Morgan fingerprint density at radius 1 is 1.16 bits per heavy atom. The van der Waals surface area contributed by atoms with Crippen molar-refractivity contribution in [2.45, 2.75) is 58.1 Å². The van der Waals surface area contributed by atoms with E-state index in [-0.39, 0.29) is 11.5 Å². The van der Waals surface area contributed by atoms with Crippen LogP contribution in [0.1, 0.15) is 45.0 Å². The number of anilines is 2. The molecule has 0 amide bonds. The van der Waals surface area contributed by atoms with Crippen LogP contribution in [0.3, 0.4) is 0 Å². The average Bonchev–Trinajstić information content (AvgIpc) is 2.28. The maximum absolute atomic E-state index is 9.37. The van der Waals surface area contributed by atoms with Crippen molar-refractivity contribution in [3.63, 3.8) is 0 Å². The molecule has 1 saturated carbocycles. The van der Waals surface area contributed by atoms with Crippen molar-refractivity contribution in [3.05, 3.63) is 11.4 Å². The lowest BCUT2D eigenvalue weighted by molar-refractivity contribution is 0.0835. The summed E-state index contributed by atoms with van der Waals surface area (Å²) in [5.74, 6) is 2.56. The number of aromatic nitrogens is 2. The summed E-state index contributed by atoms with van der Waals surface area (Å²) in [4.78, 5) is 9.23. The van der Waals surface area contributed by atoms with Crippen molar-refractivity contribution in [1.29, 1.82) is 0 Å². The maximum Gasteiger partial charge on any atom is 0.138 e. The third-order valence-corrected chi connectivity index (χ3v) is 3.51. The number of nitrogens with one attached hydrogen (secondary N) is 2. The van der Waals surface area contributed by atoms with Crippen LogP contribution in [0, 0.1) is 6.92 Å². The Bertz CT molecular complexity index is 461. The summed E-state index contributed by atoms with van der Waals surface area (Å²) in [5, 5.41) is 15.9. The molecule has 0 atom stereocenters. The number of hydrogen-bond donors (Lipinski definition) is 3. The molecule has 1 aliphatic carbocycles. The van der Waals surface area contributed by atoms with Gasteiger partial charge in [0.1, 0.15) is 17.5 Å². The van der Waals surface area contributed by atoms with Gasteiger partial charge >= 0.3 is 0 Å². The molecular weight excluding hydrogens is 240 g/mol. The van der Waals surface area contributed by atoms with Crippen LogP contribution in [-0.2, 0) is 5.41 Å². The Morgan fingerprint density at radius 3 is 2.21 bits per heavy atom. The third-order valence-electron chi connectivity index (χ3n) is 3.51. The Labute approximate surface area is 114 Å². The molecule has 19 heavy (non-hydrogen) atoms. The minimum atomic E-state index is -0.162. The summed E-state index contributed by atoms with van der Waals surface area (Å²) in [5.41, 5.74) is 0.936. The second-order valence-electron chi connectivity index (χ2n) is 6.34. The van der Waals surface area contributed by atoms with Crippen LogP contribution in [0.4, 0.5) is 11.6 Å². The van der Waals surface area contributed by atoms with Gasteiger partial charge in [-0.15, -0.1) is 0 Å². The molecule has 0 bridgehead atoms. The highest BCUT2D eigenvalue weighted by Gasteiger charge is 2.29. The van der Waals surface area contributed by atoms with Crippen LogP contribution < -0.4 is 10.6 Å². The molecule has 1 fully saturated rings. The van der Waals surface area contributed by atoms with E-state index < -0.39 is 0 Å². The largest absolute Gasteiger partial charge is 0.393 e. The fraction of sp³-hybridized carbons (Fsp3) is 0.714. The molecule has 1 aromatic heterocycles. The molecule has 1 heterocycles. The van der Waals surface area contributed by atoms with E-state index in [9.17, 15) is 5.11 Å². The number of rotatable bonds is 3. The average molecular weight is 264 g/mol. The van der Waals surface area contributed by atoms with E-state index in [1.54, 1.807) is 0 Å². The molecule has 1 aliphatic rings. The van der Waals surface area contributed by atoms with Crippen LogP contribution >= 0.6 is 0 Å². The first-order chi connectivity index (χ1) is 8.81. The van der Waals surface area contributed by atoms with E-state index in [1.165, 1.54) is 0 Å². The van der Waals surface area contributed by atoms with Crippen LogP contribution in [0.15, 0.2) is 0 Å². The van der Waals surface area contributed by atoms with E-state index in [0.29, 0.717) is 6.04 Å². The Morgan fingerprint density at radius 2 is 1.74 bits per heavy atom. The Kier molecular flexibility index (Phi) is 3.67. The summed E-state index contributed by atoms with van der Waals surface area (Å²) < 4.78 is 0. The number of aliphatic hydroxyl groups is 1. The van der Waals surface area contributed by atoms with Gasteiger partial charge in [0.05, 0.1) is 6.10 Å². The molecule has 0 saturated heterocycles. The second kappa shape index (κ2) is 4.96. The summed E-state index contributed by atoms with van der Waals surface area (Å²) in [7, 11) is 1.87. The molecule has 0 radical (unpaired) electrons. The predicted octanol–water partition coefficient (Wildman–Crippen LogP) is 2.06. The molecule has 1 aromatic rings. The van der Waals surface area contributed by atoms with Gasteiger partial charge in [-0.2, -0.15) is 0 Å². The van der Waals surface area contributed by atoms with E-state index >= 15 is 0 Å². The van der Waals surface area contributed by atoms with Gasteiger partial charge in [0, 0.05) is 24.1 Å². The summed E-state index contributed by atoms with van der Waals surface area (Å²) in [6.45, 7) is 8.33. The summed E-state index contributed by atoms with van der Waals surface area (Å²) in [6.07, 6.45) is 1.43. The minimum Gasteiger partial charge on any atom is -0.393 e. The van der Waals surface area contributed by atoms with Crippen molar-refractivity contribution in [1.82, 2.24) is 9.97 Å². The second-order valence-corrected chi connectivity index (χ2v) is 6.34. The SMILES string of the molecule is CNc1nc(C(C)(C)C)nc(NC2CC(O)C2)c1C. The third kappa shape index (κ3) is 2.97. The maximum atomic E-state index is 9.37. The topological polar surface area (TPSA) is 70.1 Å². The first-order valence-corrected chi connectivity index (χ1v) is 6.82. The molecule has 5 nitrogen and oxygen atoms in total. The van der Waals surface area contributed by atoms with Crippen LogP contribution in [-0.4, -0.2) is 34.3 Å². The molecule has 0 unspecified atom stereocenters. The predicted molar refractivity (Wildman–Crippen MR) is 77.7 cm³/mol. The van der Waals surface area contributed by atoms with Gasteiger partial charge in [-0.3, -0.25) is 0 Å². The van der Waals surface area contributed by atoms with Gasteiger partial charge < -0.3 is 15.7 Å². The molecule has 0 aromatic carbocycles. The van der Waals surface area contributed by atoms with Crippen LogP contribution in [0.25, 0.3) is 0 Å². The molecule has 3 N–H and O–H groups in total. The number of nitrogens with zero attached hydrogens (tertiary/aromatic N) is 2. The summed E-state index contributed by atoms with van der Waals surface area (Å²) in [6, 6.07) is 0.320. The molecule has 0 aliphatic heterocycles. The van der Waals surface area contributed by atoms with E-state index in [2.05, 4.69) is 41.4 Å². The fourth-order valence-electron chi connectivity index (χ4n) is 2.14. The zero-order valence-corrected chi connectivity index (χ0v) is 12.4. The first kappa shape index (κ1) is 14.1. The Hall–Kier alpha value is -1.36. The highest BCUT2D eigenvalue weighted by molar-refractivity contribution is 5.58. The normalized spacial score (nSPS) is 22.8. The van der Waals surface area contributed by atoms with E-state index in [1.807, 2.05) is 14.0 Å². The molecule has 0 spiro atoms. The quantitative estimate of drug-likeness (QED) is 0.779. The lowest BCUT2D eigenvalue weighted by Gasteiger charge is -2.33. The van der Waals surface area contributed by atoms with Gasteiger partial charge in [-0.05, 0) is 19.8 Å². The van der Waals surface area contributed by atoms with Crippen molar-refractivity contribution in [2.75, 3.05) is 17.7 Å². The first-order valence-electron chi connectivity index (χ1n) is 6.82. The van der Waals surface area contributed by atoms with Crippen molar-refractivity contribution in [3.8, 4) is 0 Å². The molecule has 106 valence electrons. The van der Waals surface area contributed by atoms with Gasteiger partial charge in [0.15, 0.2) is 0 Å². The van der Waals surface area contributed by atoms with Crippen molar-refractivity contribution >= 4 is 11.6 Å². The van der Waals surface area contributed by atoms with Gasteiger partial charge in [0.2, 0.25) is 0 Å². The monoisotopic (exact) mass is 264 g/mol. The zero-order chi connectivity index (χ0) is 14.2. The molecular formula is C14H24N4O. The van der Waals surface area contributed by atoms with Gasteiger partial charge in [-0.25, -0.2) is 9.97 Å². The number of hydrogen-bond acceptors (Lipinski definition) is 5. The van der Waals surface area contributed by atoms with Crippen molar-refractivity contribution < 1.29 is 5.11 Å². The minimum absolute atomic E-state index is 0.0884. The van der Waals surface area contributed by atoms with E-state index in [4.69, 9.17) is 0 Å². The lowest BCUT2D eigenvalue weighted by atomic mass is 9.89.